The van der Waals surface area contributed by atoms with E-state index in [1.54, 1.807) is 0 Å². The third-order valence-corrected chi connectivity index (χ3v) is 3.61. The fourth-order valence-corrected chi connectivity index (χ4v) is 2.24. The molecule has 0 aliphatic heterocycles. The Hall–Kier alpha value is -2.28. The van der Waals surface area contributed by atoms with Crippen LogP contribution in [0.15, 0.2) is 41.8 Å². The number of esters is 1. The van der Waals surface area contributed by atoms with Gasteiger partial charge >= 0.3 is 12.0 Å². The zero-order valence-electron chi connectivity index (χ0n) is 12.3. The van der Waals surface area contributed by atoms with E-state index in [1.165, 1.54) is 17.8 Å². The highest BCUT2D eigenvalue weighted by Gasteiger charge is 2.11. The molecule has 118 valence electrons. The maximum Gasteiger partial charge on any atom is 0.321 e. The van der Waals surface area contributed by atoms with Crippen LogP contribution in [0.25, 0.3) is 0 Å². The number of carbonyl (C=O) groups is 3. The van der Waals surface area contributed by atoms with Gasteiger partial charge in [0.1, 0.15) is 0 Å². The van der Waals surface area contributed by atoms with Gasteiger partial charge in [-0.3, -0.25) is 14.9 Å². The summed E-state index contributed by atoms with van der Waals surface area (Å²) in [4.78, 5) is 35.1. The molecule has 0 heterocycles. The number of hydrogen-bond acceptors (Lipinski definition) is 5. The normalized spacial score (nSPS) is 9.68. The second-order valence-corrected chi connectivity index (χ2v) is 5.28. The molecule has 1 aromatic rings. The zero-order chi connectivity index (χ0) is 16.4. The molecule has 0 unspecified atom stereocenters. The number of benzene rings is 1. The summed E-state index contributed by atoms with van der Waals surface area (Å²) in [5.41, 5.74) is 1.07. The molecule has 7 heteroatoms. The lowest BCUT2D eigenvalue weighted by Crippen LogP contribution is -2.41. The largest absolute Gasteiger partial charge is 0.455 e. The molecule has 0 aliphatic carbocycles. The Kier molecular flexibility index (Phi) is 7.77. The summed E-state index contributed by atoms with van der Waals surface area (Å²) in [5.74, 6) is -1.11. The quantitative estimate of drug-likeness (QED) is 0.453. The van der Waals surface area contributed by atoms with Crippen LogP contribution < -0.4 is 10.6 Å². The molecular weight excluding hydrogens is 304 g/mol. The van der Waals surface area contributed by atoms with Crippen molar-refractivity contribution in [1.82, 2.24) is 10.6 Å². The third kappa shape index (κ3) is 6.94. The van der Waals surface area contributed by atoms with Gasteiger partial charge in [-0.05, 0) is 18.6 Å². The first-order chi connectivity index (χ1) is 10.5. The van der Waals surface area contributed by atoms with Crippen LogP contribution in [0.4, 0.5) is 4.79 Å². The van der Waals surface area contributed by atoms with Gasteiger partial charge in [0.05, 0.1) is 5.75 Å². The van der Waals surface area contributed by atoms with Crippen LogP contribution in [-0.2, 0) is 14.3 Å². The summed E-state index contributed by atoms with van der Waals surface area (Å²) >= 11 is 1.34. The molecule has 2 N–H and O–H groups in total. The average Bonchev–Trinajstić information content (AvgIpc) is 2.50. The number of amides is 3. The Balaban J connectivity index is 2.25. The van der Waals surface area contributed by atoms with E-state index in [0.717, 1.165) is 10.5 Å². The summed E-state index contributed by atoms with van der Waals surface area (Å²) in [5, 5.41) is 4.40. The lowest BCUT2D eigenvalue weighted by atomic mass is 10.2. The van der Waals surface area contributed by atoms with E-state index in [9.17, 15) is 14.4 Å². The number of carbonyl (C=O) groups excluding carboxylic acids is 3. The van der Waals surface area contributed by atoms with E-state index < -0.39 is 24.5 Å². The van der Waals surface area contributed by atoms with Crippen molar-refractivity contribution in [3.8, 4) is 0 Å². The number of hydrogen-bond donors (Lipinski definition) is 2. The molecule has 1 aromatic carbocycles. The second kappa shape index (κ2) is 9.62. The fourth-order valence-electron chi connectivity index (χ4n) is 1.41. The first-order valence-electron chi connectivity index (χ1n) is 6.55. The van der Waals surface area contributed by atoms with Gasteiger partial charge in [-0.2, -0.15) is 0 Å². The first kappa shape index (κ1) is 17.8. The van der Waals surface area contributed by atoms with Crippen molar-refractivity contribution in [1.29, 1.82) is 0 Å². The molecule has 0 atom stereocenters. The highest BCUT2D eigenvalue weighted by atomic mass is 32.2. The average molecular weight is 322 g/mol. The van der Waals surface area contributed by atoms with Crippen molar-refractivity contribution in [2.75, 3.05) is 18.9 Å². The zero-order valence-corrected chi connectivity index (χ0v) is 13.1. The van der Waals surface area contributed by atoms with Crippen molar-refractivity contribution in [2.24, 2.45) is 0 Å². The summed E-state index contributed by atoms with van der Waals surface area (Å²) in [7, 11) is 0. The van der Waals surface area contributed by atoms with Crippen LogP contribution in [0.1, 0.15) is 5.56 Å². The molecular formula is C15H18N2O4S. The molecule has 22 heavy (non-hydrogen) atoms. The standard InChI is InChI=1S/C15H18N2O4S/c1-3-8-16-15(20)17-13(18)9-21-14(19)10-22-12-7-5-4-6-11(12)2/h3-7H,1,8-10H2,2H3,(H2,16,17,18,20). The van der Waals surface area contributed by atoms with Crippen LogP contribution in [0.3, 0.4) is 0 Å². The maximum absolute atomic E-state index is 11.6. The number of rotatable bonds is 7. The van der Waals surface area contributed by atoms with Gasteiger partial charge in [-0.15, -0.1) is 18.3 Å². The van der Waals surface area contributed by atoms with Crippen molar-refractivity contribution in [2.45, 2.75) is 11.8 Å². The highest BCUT2D eigenvalue weighted by Crippen LogP contribution is 2.21. The summed E-state index contributed by atoms with van der Waals surface area (Å²) in [6.07, 6.45) is 1.48. The van der Waals surface area contributed by atoms with E-state index in [4.69, 9.17) is 4.74 Å². The fraction of sp³-hybridized carbons (Fsp3) is 0.267. The highest BCUT2D eigenvalue weighted by molar-refractivity contribution is 8.00. The molecule has 0 saturated heterocycles. The third-order valence-electron chi connectivity index (χ3n) is 2.46. The Morgan fingerprint density at radius 2 is 2.05 bits per heavy atom. The van der Waals surface area contributed by atoms with Crippen LogP contribution in [0.2, 0.25) is 0 Å². The van der Waals surface area contributed by atoms with Gasteiger partial charge in [-0.25, -0.2) is 4.79 Å². The molecule has 0 bridgehead atoms. The van der Waals surface area contributed by atoms with Crippen molar-refractivity contribution in [3.63, 3.8) is 0 Å². The number of thioether (sulfide) groups is 1. The van der Waals surface area contributed by atoms with E-state index in [1.807, 2.05) is 36.5 Å². The molecule has 1 rings (SSSR count). The molecule has 0 radical (unpaired) electrons. The van der Waals surface area contributed by atoms with Gasteiger partial charge in [0.25, 0.3) is 5.91 Å². The predicted molar refractivity (Wildman–Crippen MR) is 84.6 cm³/mol. The number of nitrogens with one attached hydrogen (secondary N) is 2. The van der Waals surface area contributed by atoms with Crippen LogP contribution in [0, 0.1) is 6.92 Å². The van der Waals surface area contributed by atoms with Gasteiger partial charge in [0, 0.05) is 11.4 Å². The molecule has 0 saturated carbocycles. The number of urea groups is 1. The number of aryl methyl sites for hydroxylation is 1. The Labute approximate surface area is 133 Å². The van der Waals surface area contributed by atoms with Crippen LogP contribution in [-0.4, -0.2) is 36.8 Å². The molecule has 6 nitrogen and oxygen atoms in total. The minimum absolute atomic E-state index is 0.0980. The Bertz CT molecular complexity index is 560. The lowest BCUT2D eigenvalue weighted by molar-refractivity contribution is -0.145. The minimum Gasteiger partial charge on any atom is -0.455 e. The molecule has 0 fully saturated rings. The van der Waals surface area contributed by atoms with Crippen molar-refractivity contribution in [3.05, 3.63) is 42.5 Å². The van der Waals surface area contributed by atoms with Crippen LogP contribution in [0.5, 0.6) is 0 Å². The van der Waals surface area contributed by atoms with Crippen LogP contribution >= 0.6 is 11.8 Å². The molecule has 0 spiro atoms. The van der Waals surface area contributed by atoms with Crippen molar-refractivity contribution < 1.29 is 19.1 Å². The Morgan fingerprint density at radius 1 is 1.32 bits per heavy atom. The second-order valence-electron chi connectivity index (χ2n) is 4.26. The van der Waals surface area contributed by atoms with E-state index in [0.29, 0.717) is 0 Å². The minimum atomic E-state index is -0.684. The first-order valence-corrected chi connectivity index (χ1v) is 7.54. The van der Waals surface area contributed by atoms with Gasteiger partial charge < -0.3 is 10.1 Å². The van der Waals surface area contributed by atoms with E-state index in [2.05, 4.69) is 11.9 Å². The smallest absolute Gasteiger partial charge is 0.321 e. The topological polar surface area (TPSA) is 84.5 Å². The molecule has 3 amide bonds. The monoisotopic (exact) mass is 322 g/mol. The van der Waals surface area contributed by atoms with Gasteiger partial charge in [-0.1, -0.05) is 24.3 Å². The SMILES string of the molecule is C=CCNC(=O)NC(=O)COC(=O)CSc1ccccc1C. The van der Waals surface area contributed by atoms with Gasteiger partial charge in [0.2, 0.25) is 0 Å². The summed E-state index contributed by atoms with van der Waals surface area (Å²) in [6.45, 7) is 5.12. The molecule has 0 aliphatic rings. The lowest BCUT2D eigenvalue weighted by Gasteiger charge is -2.07. The van der Waals surface area contributed by atoms with Gasteiger partial charge in [0.15, 0.2) is 6.61 Å². The Morgan fingerprint density at radius 3 is 2.73 bits per heavy atom. The summed E-state index contributed by atoms with van der Waals surface area (Å²) < 4.78 is 4.80. The van der Waals surface area contributed by atoms with Crippen molar-refractivity contribution >= 4 is 29.7 Å². The number of imide groups is 1. The number of ether oxygens (including phenoxy) is 1. The van der Waals surface area contributed by atoms with E-state index >= 15 is 0 Å². The van der Waals surface area contributed by atoms with E-state index in [-0.39, 0.29) is 12.3 Å². The maximum atomic E-state index is 11.6. The summed E-state index contributed by atoms with van der Waals surface area (Å²) in [6, 6.07) is 7.00. The molecule has 0 aromatic heterocycles. The predicted octanol–water partition coefficient (Wildman–Crippen LogP) is 1.64.